The summed E-state index contributed by atoms with van der Waals surface area (Å²) in [5.74, 6) is -3.99. The van der Waals surface area contributed by atoms with Gasteiger partial charge in [-0.3, -0.25) is 14.4 Å². The highest BCUT2D eigenvalue weighted by atomic mass is 19.3. The van der Waals surface area contributed by atoms with Crippen molar-refractivity contribution in [1.82, 2.24) is 4.90 Å². The molecular weight excluding hydrogens is 438 g/mol. The van der Waals surface area contributed by atoms with E-state index in [4.69, 9.17) is 11.5 Å². The lowest BCUT2D eigenvalue weighted by Crippen LogP contribution is -2.40. The summed E-state index contributed by atoms with van der Waals surface area (Å²) in [5.41, 5.74) is 11.1. The first-order valence-corrected chi connectivity index (χ1v) is 9.04. The minimum absolute atomic E-state index is 0.00604. The fraction of sp³-hybridized carbons (Fsp3) is 0.250. The molecular formula is C20H16F4N3O5. The summed E-state index contributed by atoms with van der Waals surface area (Å²) < 4.78 is 59.3. The molecule has 1 aliphatic heterocycles. The normalized spacial score (nSPS) is 16.2. The maximum atomic E-state index is 13.0. The molecule has 1 radical (unpaired) electrons. The van der Waals surface area contributed by atoms with Crippen molar-refractivity contribution in [3.63, 3.8) is 0 Å². The third kappa shape index (κ3) is 4.58. The zero-order valence-electron chi connectivity index (χ0n) is 16.1. The van der Waals surface area contributed by atoms with Crippen LogP contribution in [0.4, 0.5) is 17.6 Å². The molecule has 32 heavy (non-hydrogen) atoms. The molecule has 0 bridgehead atoms. The van der Waals surface area contributed by atoms with Crippen molar-refractivity contribution in [1.29, 1.82) is 0 Å². The molecule has 1 aliphatic rings. The molecule has 2 unspecified atom stereocenters. The van der Waals surface area contributed by atoms with Gasteiger partial charge in [0.05, 0.1) is 18.0 Å². The van der Waals surface area contributed by atoms with Gasteiger partial charge in [-0.1, -0.05) is 24.3 Å². The molecule has 8 nitrogen and oxygen atoms in total. The lowest BCUT2D eigenvalue weighted by molar-refractivity contribution is -0.125. The summed E-state index contributed by atoms with van der Waals surface area (Å²) >= 11 is 0. The standard InChI is InChI=1S/C20H16F4N3O5/c21-19(22)31-13-6-5-9(7-14(13)32-20(23)24)12(8-15(25)28)27-16(17(26)29)10-3-1-2-4-11(10)18(27)30/h1-3,5-7,12,16,19-20H,8H2,(H2,25,28)(H2,26,29). The third-order valence-corrected chi connectivity index (χ3v) is 4.69. The Morgan fingerprint density at radius 1 is 1.06 bits per heavy atom. The van der Waals surface area contributed by atoms with E-state index in [1.165, 1.54) is 18.2 Å². The summed E-state index contributed by atoms with van der Waals surface area (Å²) in [6.07, 6.45) is -0.535. The topological polar surface area (TPSA) is 125 Å². The highest BCUT2D eigenvalue weighted by Gasteiger charge is 2.44. The Kier molecular flexibility index (Phi) is 6.51. The number of hydrogen-bond acceptors (Lipinski definition) is 5. The second-order valence-corrected chi connectivity index (χ2v) is 6.67. The van der Waals surface area contributed by atoms with Crippen LogP contribution in [0.15, 0.2) is 36.4 Å². The fourth-order valence-corrected chi connectivity index (χ4v) is 3.55. The van der Waals surface area contributed by atoms with Crippen LogP contribution < -0.4 is 20.9 Å². The van der Waals surface area contributed by atoms with Crippen molar-refractivity contribution < 1.29 is 41.4 Å². The Hall–Kier alpha value is -3.83. The average molecular weight is 454 g/mol. The van der Waals surface area contributed by atoms with E-state index in [1.54, 1.807) is 0 Å². The highest BCUT2D eigenvalue weighted by molar-refractivity contribution is 6.04. The van der Waals surface area contributed by atoms with Crippen molar-refractivity contribution in [3.8, 4) is 11.5 Å². The van der Waals surface area contributed by atoms with Gasteiger partial charge in [0.2, 0.25) is 11.8 Å². The summed E-state index contributed by atoms with van der Waals surface area (Å²) in [4.78, 5) is 38.0. The van der Waals surface area contributed by atoms with Crippen molar-refractivity contribution >= 4 is 17.7 Å². The SMILES string of the molecule is NC(=O)CC(c1ccc(OC(F)F)c(OC(F)F)c1)N1C(=O)c2[c]cccc2C1C(N)=O. The van der Waals surface area contributed by atoms with Crippen LogP contribution in [0.3, 0.4) is 0 Å². The molecule has 0 fully saturated rings. The Morgan fingerprint density at radius 3 is 2.31 bits per heavy atom. The summed E-state index contributed by atoms with van der Waals surface area (Å²) in [6, 6.07) is 7.53. The van der Waals surface area contributed by atoms with Crippen LogP contribution in [0.2, 0.25) is 0 Å². The van der Waals surface area contributed by atoms with Crippen molar-refractivity contribution in [2.24, 2.45) is 11.5 Å². The van der Waals surface area contributed by atoms with Crippen LogP contribution >= 0.6 is 0 Å². The molecule has 3 rings (SSSR count). The van der Waals surface area contributed by atoms with Crippen LogP contribution in [0.5, 0.6) is 11.5 Å². The molecule has 0 saturated heterocycles. The number of nitrogens with zero attached hydrogens (tertiary/aromatic N) is 1. The van der Waals surface area contributed by atoms with Gasteiger partial charge in [-0.2, -0.15) is 17.6 Å². The van der Waals surface area contributed by atoms with E-state index < -0.39 is 60.9 Å². The van der Waals surface area contributed by atoms with Crippen LogP contribution in [0, 0.1) is 6.07 Å². The van der Waals surface area contributed by atoms with Gasteiger partial charge in [0.25, 0.3) is 5.91 Å². The van der Waals surface area contributed by atoms with Crippen LogP contribution in [0.25, 0.3) is 0 Å². The summed E-state index contributed by atoms with van der Waals surface area (Å²) in [6.45, 7) is -6.71. The molecule has 0 aromatic heterocycles. The Labute approximate surface area is 178 Å². The molecule has 0 aliphatic carbocycles. The Bertz CT molecular complexity index is 1050. The lowest BCUT2D eigenvalue weighted by Gasteiger charge is -2.32. The average Bonchev–Trinajstić information content (AvgIpc) is 2.99. The number of alkyl halides is 4. The van der Waals surface area contributed by atoms with Gasteiger partial charge in [0.1, 0.15) is 6.04 Å². The number of ether oxygens (including phenoxy) is 2. The second kappa shape index (κ2) is 9.12. The van der Waals surface area contributed by atoms with E-state index >= 15 is 0 Å². The first kappa shape index (κ1) is 22.8. The van der Waals surface area contributed by atoms with Gasteiger partial charge in [0, 0.05) is 0 Å². The zero-order chi connectivity index (χ0) is 23.6. The molecule has 2 aromatic rings. The van der Waals surface area contributed by atoms with Crippen molar-refractivity contribution in [2.45, 2.75) is 31.7 Å². The molecule has 12 heteroatoms. The number of amides is 3. The monoisotopic (exact) mass is 454 g/mol. The van der Waals surface area contributed by atoms with Crippen molar-refractivity contribution in [3.05, 3.63) is 59.2 Å². The number of nitrogens with two attached hydrogens (primary N) is 2. The largest absolute Gasteiger partial charge is 0.431 e. The van der Waals surface area contributed by atoms with E-state index in [0.29, 0.717) is 0 Å². The molecule has 0 spiro atoms. The van der Waals surface area contributed by atoms with E-state index in [-0.39, 0.29) is 16.7 Å². The van der Waals surface area contributed by atoms with Crippen LogP contribution in [0.1, 0.15) is 40.0 Å². The van der Waals surface area contributed by atoms with Gasteiger partial charge >= 0.3 is 13.2 Å². The second-order valence-electron chi connectivity index (χ2n) is 6.67. The number of primary amides is 2. The van der Waals surface area contributed by atoms with E-state index in [9.17, 15) is 31.9 Å². The first-order valence-electron chi connectivity index (χ1n) is 9.04. The van der Waals surface area contributed by atoms with E-state index in [1.807, 2.05) is 0 Å². The molecule has 4 N–H and O–H groups in total. The lowest BCUT2D eigenvalue weighted by atomic mass is 9.98. The number of benzene rings is 2. The maximum Gasteiger partial charge on any atom is 0.387 e. The molecule has 3 amide bonds. The Morgan fingerprint density at radius 2 is 1.72 bits per heavy atom. The third-order valence-electron chi connectivity index (χ3n) is 4.69. The Balaban J connectivity index is 2.11. The van der Waals surface area contributed by atoms with E-state index in [0.717, 1.165) is 23.1 Å². The summed E-state index contributed by atoms with van der Waals surface area (Å²) in [7, 11) is 0. The fourth-order valence-electron chi connectivity index (χ4n) is 3.55. The number of halogens is 4. The molecule has 169 valence electrons. The smallest absolute Gasteiger partial charge is 0.387 e. The number of rotatable bonds is 9. The molecule has 1 heterocycles. The van der Waals surface area contributed by atoms with Crippen LogP contribution in [-0.4, -0.2) is 35.8 Å². The van der Waals surface area contributed by atoms with Gasteiger partial charge in [-0.25, -0.2) is 0 Å². The van der Waals surface area contributed by atoms with Gasteiger partial charge in [-0.15, -0.1) is 0 Å². The number of fused-ring (bicyclic) bond motifs is 1. The van der Waals surface area contributed by atoms with E-state index in [2.05, 4.69) is 15.5 Å². The highest BCUT2D eigenvalue weighted by Crippen LogP contribution is 2.43. The number of hydrogen-bond donors (Lipinski definition) is 2. The minimum atomic E-state index is -3.38. The number of carbonyl (C=O) groups excluding carboxylic acids is 3. The molecule has 2 atom stereocenters. The minimum Gasteiger partial charge on any atom is -0.431 e. The first-order chi connectivity index (χ1) is 15.1. The quantitative estimate of drug-likeness (QED) is 0.563. The summed E-state index contributed by atoms with van der Waals surface area (Å²) in [5, 5.41) is 0. The predicted octanol–water partition coefficient (Wildman–Crippen LogP) is 2.29. The molecule has 2 aromatic carbocycles. The van der Waals surface area contributed by atoms with Gasteiger partial charge in [0.15, 0.2) is 11.5 Å². The molecule has 0 saturated carbocycles. The van der Waals surface area contributed by atoms with Crippen molar-refractivity contribution in [2.75, 3.05) is 0 Å². The van der Waals surface area contributed by atoms with Gasteiger partial charge < -0.3 is 25.8 Å². The predicted molar refractivity (Wildman–Crippen MR) is 99.6 cm³/mol. The number of carbonyl (C=O) groups is 3. The van der Waals surface area contributed by atoms with Crippen LogP contribution in [-0.2, 0) is 9.59 Å². The zero-order valence-corrected chi connectivity index (χ0v) is 16.1. The van der Waals surface area contributed by atoms with Gasteiger partial charge in [-0.05, 0) is 29.3 Å². The maximum absolute atomic E-state index is 13.0.